The molecule has 0 amide bonds. The van der Waals surface area contributed by atoms with Gasteiger partial charge in [-0.3, -0.25) is 4.99 Å². The smallest absolute Gasteiger partial charge is 0.118 e. The van der Waals surface area contributed by atoms with Crippen molar-refractivity contribution >= 4 is 11.4 Å². The molecule has 0 saturated carbocycles. The monoisotopic (exact) mass is 225 g/mol. The van der Waals surface area contributed by atoms with Crippen LogP contribution < -0.4 is 4.74 Å². The Bertz CT molecular complexity index is 500. The van der Waals surface area contributed by atoms with Crippen molar-refractivity contribution in [3.8, 4) is 5.75 Å². The Kier molecular flexibility index (Phi) is 3.55. The minimum Gasteiger partial charge on any atom is -0.497 e. The topological polar surface area (TPSA) is 21.6 Å². The lowest BCUT2D eigenvalue weighted by atomic mass is 10.1. The van der Waals surface area contributed by atoms with Gasteiger partial charge in [-0.2, -0.15) is 0 Å². The van der Waals surface area contributed by atoms with Crippen molar-refractivity contribution in [2.45, 2.75) is 6.92 Å². The number of benzene rings is 2. The maximum absolute atomic E-state index is 5.13. The van der Waals surface area contributed by atoms with Crippen LogP contribution in [-0.4, -0.2) is 12.8 Å². The molecular weight excluding hydrogens is 210 g/mol. The van der Waals surface area contributed by atoms with Gasteiger partial charge < -0.3 is 4.74 Å². The lowest BCUT2D eigenvalue weighted by Crippen LogP contribution is -1.93. The number of aliphatic imine (C=N–C) groups is 1. The molecule has 0 aliphatic rings. The Morgan fingerprint density at radius 1 is 0.941 bits per heavy atom. The highest BCUT2D eigenvalue weighted by Crippen LogP contribution is 2.15. The molecule has 0 radical (unpaired) electrons. The SMILES string of the molecule is COc1ccc(C(C)=Nc2ccccc2)cc1. The molecule has 2 aromatic rings. The summed E-state index contributed by atoms with van der Waals surface area (Å²) in [7, 11) is 1.67. The highest BCUT2D eigenvalue weighted by molar-refractivity contribution is 6.00. The summed E-state index contributed by atoms with van der Waals surface area (Å²) in [4.78, 5) is 4.56. The predicted octanol–water partition coefficient (Wildman–Crippen LogP) is 3.84. The van der Waals surface area contributed by atoms with E-state index in [1.807, 2.05) is 61.5 Å². The van der Waals surface area contributed by atoms with E-state index >= 15 is 0 Å². The molecule has 0 N–H and O–H groups in total. The zero-order valence-electron chi connectivity index (χ0n) is 10.1. The molecule has 0 saturated heterocycles. The molecule has 86 valence electrons. The first-order valence-corrected chi connectivity index (χ1v) is 5.54. The molecule has 0 aliphatic heterocycles. The maximum atomic E-state index is 5.13. The molecule has 0 bridgehead atoms. The summed E-state index contributed by atoms with van der Waals surface area (Å²) in [5.41, 5.74) is 3.08. The summed E-state index contributed by atoms with van der Waals surface area (Å²) in [6, 6.07) is 17.9. The summed E-state index contributed by atoms with van der Waals surface area (Å²) in [6.07, 6.45) is 0. The molecule has 0 fully saturated rings. The number of para-hydroxylation sites is 1. The van der Waals surface area contributed by atoms with Crippen LogP contribution in [0.3, 0.4) is 0 Å². The third kappa shape index (κ3) is 2.94. The second kappa shape index (κ2) is 5.30. The first-order chi connectivity index (χ1) is 8.29. The second-order valence-electron chi connectivity index (χ2n) is 3.76. The van der Waals surface area contributed by atoms with Crippen molar-refractivity contribution in [3.63, 3.8) is 0 Å². The van der Waals surface area contributed by atoms with E-state index in [0.717, 1.165) is 22.7 Å². The van der Waals surface area contributed by atoms with Crippen LogP contribution in [0.4, 0.5) is 5.69 Å². The van der Waals surface area contributed by atoms with E-state index in [1.54, 1.807) is 7.11 Å². The van der Waals surface area contributed by atoms with Crippen LogP contribution in [0.5, 0.6) is 5.75 Å². The fourth-order valence-corrected chi connectivity index (χ4v) is 1.59. The molecule has 0 spiro atoms. The quantitative estimate of drug-likeness (QED) is 0.727. The molecular formula is C15H15NO. The van der Waals surface area contributed by atoms with E-state index in [1.165, 1.54) is 0 Å². The summed E-state index contributed by atoms with van der Waals surface area (Å²) in [5, 5.41) is 0. The number of hydrogen-bond acceptors (Lipinski definition) is 2. The van der Waals surface area contributed by atoms with Gasteiger partial charge in [-0.25, -0.2) is 0 Å². The standard InChI is InChI=1S/C15H15NO/c1-12(16-14-6-4-3-5-7-14)13-8-10-15(17-2)11-9-13/h3-11H,1-2H3. The highest BCUT2D eigenvalue weighted by atomic mass is 16.5. The van der Waals surface area contributed by atoms with Gasteiger partial charge in [0.15, 0.2) is 0 Å². The van der Waals surface area contributed by atoms with Crippen LogP contribution in [0.2, 0.25) is 0 Å². The Morgan fingerprint density at radius 3 is 2.18 bits per heavy atom. The van der Waals surface area contributed by atoms with Crippen LogP contribution in [0.25, 0.3) is 0 Å². The zero-order valence-corrected chi connectivity index (χ0v) is 10.1. The van der Waals surface area contributed by atoms with Gasteiger partial charge in [-0.05, 0) is 48.9 Å². The molecule has 0 atom stereocenters. The van der Waals surface area contributed by atoms with Gasteiger partial charge >= 0.3 is 0 Å². The lowest BCUT2D eigenvalue weighted by Gasteiger charge is -2.03. The van der Waals surface area contributed by atoms with E-state index < -0.39 is 0 Å². The van der Waals surface area contributed by atoms with E-state index in [0.29, 0.717) is 0 Å². The van der Waals surface area contributed by atoms with Crippen molar-refractivity contribution in [3.05, 3.63) is 60.2 Å². The predicted molar refractivity (Wildman–Crippen MR) is 71.3 cm³/mol. The van der Waals surface area contributed by atoms with Crippen LogP contribution in [-0.2, 0) is 0 Å². The van der Waals surface area contributed by atoms with Gasteiger partial charge in [-0.1, -0.05) is 18.2 Å². The van der Waals surface area contributed by atoms with Crippen molar-refractivity contribution in [2.24, 2.45) is 4.99 Å². The number of ether oxygens (including phenoxy) is 1. The van der Waals surface area contributed by atoms with E-state index in [2.05, 4.69) is 4.99 Å². The summed E-state index contributed by atoms with van der Waals surface area (Å²) in [5.74, 6) is 0.862. The average molecular weight is 225 g/mol. The zero-order chi connectivity index (χ0) is 12.1. The largest absolute Gasteiger partial charge is 0.497 e. The average Bonchev–Trinajstić information content (AvgIpc) is 2.40. The Balaban J connectivity index is 2.24. The van der Waals surface area contributed by atoms with E-state index in [9.17, 15) is 0 Å². The first-order valence-electron chi connectivity index (χ1n) is 5.54. The van der Waals surface area contributed by atoms with Gasteiger partial charge in [0.05, 0.1) is 12.8 Å². The lowest BCUT2D eigenvalue weighted by molar-refractivity contribution is 0.415. The van der Waals surface area contributed by atoms with Crippen molar-refractivity contribution in [2.75, 3.05) is 7.11 Å². The summed E-state index contributed by atoms with van der Waals surface area (Å²) in [6.45, 7) is 2.01. The molecule has 17 heavy (non-hydrogen) atoms. The summed E-state index contributed by atoms with van der Waals surface area (Å²) >= 11 is 0. The van der Waals surface area contributed by atoms with Gasteiger partial charge in [0.2, 0.25) is 0 Å². The van der Waals surface area contributed by atoms with Crippen LogP contribution in [0, 0.1) is 0 Å². The number of rotatable bonds is 3. The van der Waals surface area contributed by atoms with Crippen LogP contribution >= 0.6 is 0 Å². The first kappa shape index (κ1) is 11.4. The maximum Gasteiger partial charge on any atom is 0.118 e. The minimum absolute atomic E-state index is 0.862. The number of methoxy groups -OCH3 is 1. The molecule has 2 aromatic carbocycles. The van der Waals surface area contributed by atoms with Crippen molar-refractivity contribution in [1.82, 2.24) is 0 Å². The van der Waals surface area contributed by atoms with Gasteiger partial charge in [-0.15, -0.1) is 0 Å². The highest BCUT2D eigenvalue weighted by Gasteiger charge is 1.98. The van der Waals surface area contributed by atoms with Gasteiger partial charge in [0.25, 0.3) is 0 Å². The Labute approximate surface area is 102 Å². The van der Waals surface area contributed by atoms with Crippen LogP contribution in [0.1, 0.15) is 12.5 Å². The number of nitrogens with zero attached hydrogens (tertiary/aromatic N) is 1. The van der Waals surface area contributed by atoms with Crippen molar-refractivity contribution < 1.29 is 4.74 Å². The van der Waals surface area contributed by atoms with E-state index in [4.69, 9.17) is 4.74 Å². The molecule has 0 unspecified atom stereocenters. The molecule has 2 heteroatoms. The molecule has 0 heterocycles. The minimum atomic E-state index is 0.862. The van der Waals surface area contributed by atoms with Crippen molar-refractivity contribution in [1.29, 1.82) is 0 Å². The van der Waals surface area contributed by atoms with Gasteiger partial charge in [0, 0.05) is 5.71 Å². The molecule has 2 nitrogen and oxygen atoms in total. The molecule has 0 aromatic heterocycles. The molecule has 2 rings (SSSR count). The second-order valence-corrected chi connectivity index (χ2v) is 3.76. The van der Waals surface area contributed by atoms with Crippen LogP contribution in [0.15, 0.2) is 59.6 Å². The third-order valence-electron chi connectivity index (χ3n) is 2.56. The Hall–Kier alpha value is -2.09. The summed E-state index contributed by atoms with van der Waals surface area (Å²) < 4.78 is 5.13. The van der Waals surface area contributed by atoms with E-state index in [-0.39, 0.29) is 0 Å². The third-order valence-corrected chi connectivity index (χ3v) is 2.56. The number of hydrogen-bond donors (Lipinski definition) is 0. The fraction of sp³-hybridized carbons (Fsp3) is 0.133. The Morgan fingerprint density at radius 2 is 1.59 bits per heavy atom. The molecule has 0 aliphatic carbocycles. The normalized spacial score (nSPS) is 11.3. The fourth-order valence-electron chi connectivity index (χ4n) is 1.59. The van der Waals surface area contributed by atoms with Gasteiger partial charge in [0.1, 0.15) is 5.75 Å².